The summed E-state index contributed by atoms with van der Waals surface area (Å²) in [4.78, 5) is 12.0. The molecule has 0 aliphatic heterocycles. The fourth-order valence-corrected chi connectivity index (χ4v) is 4.23. The lowest BCUT2D eigenvalue weighted by Crippen LogP contribution is -1.99. The highest BCUT2D eigenvalue weighted by Gasteiger charge is 2.16. The lowest BCUT2D eigenvalue weighted by molar-refractivity contribution is -0.131. The average molecular weight is 447 g/mol. The first-order chi connectivity index (χ1) is 15.4. The number of anilines is 1. The van der Waals surface area contributed by atoms with Crippen molar-refractivity contribution in [3.63, 3.8) is 0 Å². The van der Waals surface area contributed by atoms with Gasteiger partial charge < -0.3 is 16.2 Å². The molecule has 0 fully saturated rings. The summed E-state index contributed by atoms with van der Waals surface area (Å²) < 4.78 is 0. The van der Waals surface area contributed by atoms with Crippen LogP contribution < -0.4 is 5.73 Å². The van der Waals surface area contributed by atoms with Crippen LogP contribution in [0.25, 0.3) is 17.2 Å². The maximum atomic E-state index is 10.8. The smallest absolute Gasteiger partial charge is 0.328 e. The molecule has 3 aromatic rings. The van der Waals surface area contributed by atoms with Gasteiger partial charge in [-0.1, -0.05) is 51.1 Å². The van der Waals surface area contributed by atoms with Gasteiger partial charge in [-0.3, -0.25) is 0 Å². The van der Waals surface area contributed by atoms with Crippen LogP contribution in [-0.4, -0.2) is 17.3 Å². The monoisotopic (exact) mass is 446 g/mol. The van der Waals surface area contributed by atoms with E-state index in [0.717, 1.165) is 34.8 Å². The zero-order valence-corrected chi connectivity index (χ0v) is 19.8. The van der Waals surface area contributed by atoms with Gasteiger partial charge in [0.15, 0.2) is 0 Å². The van der Waals surface area contributed by atoms with E-state index in [1.54, 1.807) is 17.4 Å². The van der Waals surface area contributed by atoms with Crippen LogP contribution in [0.15, 0.2) is 60.0 Å². The van der Waals surface area contributed by atoms with E-state index in [1.165, 1.54) is 22.2 Å². The van der Waals surface area contributed by atoms with Crippen molar-refractivity contribution >= 4 is 46.4 Å². The zero-order valence-electron chi connectivity index (χ0n) is 19.0. The molecule has 0 aliphatic rings. The molecule has 0 radical (unpaired) electrons. The van der Waals surface area contributed by atoms with Crippen molar-refractivity contribution in [1.82, 2.24) is 0 Å². The van der Waals surface area contributed by atoms with Crippen LogP contribution in [0.4, 0.5) is 5.69 Å². The highest BCUT2D eigenvalue weighted by molar-refractivity contribution is 7.10. The Morgan fingerprint density at radius 2 is 1.75 bits per heavy atom. The molecule has 0 saturated carbocycles. The maximum Gasteiger partial charge on any atom is 0.328 e. The Morgan fingerprint density at radius 3 is 2.28 bits per heavy atom. The molecular formula is C27H30N2O2S. The first-order valence-corrected chi connectivity index (χ1v) is 11.5. The molecule has 2 aromatic carbocycles. The highest BCUT2D eigenvalue weighted by atomic mass is 32.1. The second-order valence-electron chi connectivity index (χ2n) is 6.88. The Hall–Kier alpha value is -3.44. The maximum absolute atomic E-state index is 10.8. The summed E-state index contributed by atoms with van der Waals surface area (Å²) in [6, 6.07) is 15.8. The van der Waals surface area contributed by atoms with Crippen molar-refractivity contribution in [1.29, 1.82) is 5.41 Å². The first kappa shape index (κ1) is 24.8. The van der Waals surface area contributed by atoms with E-state index in [2.05, 4.69) is 25.3 Å². The third-order valence-corrected chi connectivity index (χ3v) is 5.83. The standard InChI is InChI=1S/C25H24N2O2S.C2H6/c1-3-21(22-12-13-30-16(22)2)25(19-9-10-23(27)20(14-19)15-26)18-7-4-17(5-8-18)6-11-24(28)29;1-2/h4-15,26H,3,27H2,1-2H3,(H,28,29);1-2H3/b11-6+,25-21+,26-15?;. The Balaban J connectivity index is 0.00000176. The van der Waals surface area contributed by atoms with E-state index in [9.17, 15) is 4.79 Å². The zero-order chi connectivity index (χ0) is 23.7. The number of nitrogen functional groups attached to an aromatic ring is 1. The van der Waals surface area contributed by atoms with Crippen molar-refractivity contribution in [3.8, 4) is 0 Å². The van der Waals surface area contributed by atoms with Crippen LogP contribution in [0.1, 0.15) is 59.9 Å². The molecule has 0 bridgehead atoms. The molecule has 0 spiro atoms. The van der Waals surface area contributed by atoms with Gasteiger partial charge in [-0.15, -0.1) is 11.3 Å². The predicted octanol–water partition coefficient (Wildman–Crippen LogP) is 7.13. The number of nitrogens with two attached hydrogens (primary N) is 1. The molecular weight excluding hydrogens is 416 g/mol. The number of carboxylic acid groups (broad SMARTS) is 1. The summed E-state index contributed by atoms with van der Waals surface area (Å²) in [5, 5.41) is 18.6. The normalized spacial score (nSPS) is 11.5. The second kappa shape index (κ2) is 11.8. The van der Waals surface area contributed by atoms with Crippen molar-refractivity contribution < 1.29 is 9.90 Å². The molecule has 0 amide bonds. The fraction of sp³-hybridized carbons (Fsp3) is 0.185. The molecule has 3 rings (SSSR count). The van der Waals surface area contributed by atoms with Crippen molar-refractivity contribution in [2.45, 2.75) is 34.1 Å². The van der Waals surface area contributed by atoms with E-state index in [1.807, 2.05) is 56.3 Å². The number of allylic oxidation sites excluding steroid dienone is 1. The van der Waals surface area contributed by atoms with Gasteiger partial charge in [0.05, 0.1) is 0 Å². The third-order valence-electron chi connectivity index (χ3n) is 4.99. The molecule has 1 heterocycles. The number of nitrogens with one attached hydrogen (secondary N) is 1. The number of carbonyl (C=O) groups is 1. The second-order valence-corrected chi connectivity index (χ2v) is 8.00. The number of carboxylic acids is 1. The van der Waals surface area contributed by atoms with Gasteiger partial charge in [-0.25, -0.2) is 4.79 Å². The van der Waals surface area contributed by atoms with Crippen molar-refractivity contribution in [2.75, 3.05) is 5.73 Å². The summed E-state index contributed by atoms with van der Waals surface area (Å²) >= 11 is 1.72. The lowest BCUT2D eigenvalue weighted by atomic mass is 9.87. The molecule has 0 atom stereocenters. The summed E-state index contributed by atoms with van der Waals surface area (Å²) in [6.07, 6.45) is 4.83. The molecule has 32 heavy (non-hydrogen) atoms. The van der Waals surface area contributed by atoms with E-state index >= 15 is 0 Å². The SMILES string of the molecule is CC.CC/C(=C(/c1ccc(/C=C/C(=O)O)cc1)c1ccc(N)c(C=N)c1)c1ccsc1C. The minimum Gasteiger partial charge on any atom is -0.478 e. The number of aryl methyl sites for hydroxylation is 1. The van der Waals surface area contributed by atoms with E-state index in [4.69, 9.17) is 16.2 Å². The van der Waals surface area contributed by atoms with Gasteiger partial charge in [0.25, 0.3) is 0 Å². The van der Waals surface area contributed by atoms with Crippen LogP contribution in [0.5, 0.6) is 0 Å². The molecule has 5 heteroatoms. The summed E-state index contributed by atoms with van der Waals surface area (Å²) in [5.74, 6) is -0.970. The van der Waals surface area contributed by atoms with Crippen LogP contribution in [0.3, 0.4) is 0 Å². The van der Waals surface area contributed by atoms with Gasteiger partial charge in [-0.2, -0.15) is 0 Å². The summed E-state index contributed by atoms with van der Waals surface area (Å²) in [7, 11) is 0. The van der Waals surface area contributed by atoms with E-state index in [-0.39, 0.29) is 0 Å². The topological polar surface area (TPSA) is 87.2 Å². The summed E-state index contributed by atoms with van der Waals surface area (Å²) in [5.41, 5.74) is 13.7. The molecule has 1 aromatic heterocycles. The van der Waals surface area contributed by atoms with E-state index in [0.29, 0.717) is 11.3 Å². The summed E-state index contributed by atoms with van der Waals surface area (Å²) in [6.45, 7) is 8.27. The molecule has 0 saturated heterocycles. The number of thiophene rings is 1. The first-order valence-electron chi connectivity index (χ1n) is 10.6. The third kappa shape index (κ3) is 5.83. The molecule has 0 unspecified atom stereocenters. The minimum atomic E-state index is -0.970. The number of benzene rings is 2. The van der Waals surface area contributed by atoms with Crippen LogP contribution in [0.2, 0.25) is 0 Å². The van der Waals surface area contributed by atoms with Gasteiger partial charge in [0.2, 0.25) is 0 Å². The highest BCUT2D eigenvalue weighted by Crippen LogP contribution is 2.37. The Bertz CT molecular complexity index is 1140. The van der Waals surface area contributed by atoms with Gasteiger partial charge in [0.1, 0.15) is 0 Å². The number of hydrogen-bond acceptors (Lipinski definition) is 4. The lowest BCUT2D eigenvalue weighted by Gasteiger charge is -2.17. The molecule has 4 nitrogen and oxygen atoms in total. The van der Waals surface area contributed by atoms with Crippen molar-refractivity contribution in [3.05, 3.63) is 92.7 Å². The minimum absolute atomic E-state index is 0.576. The number of rotatable bonds is 7. The van der Waals surface area contributed by atoms with E-state index < -0.39 is 5.97 Å². The largest absolute Gasteiger partial charge is 0.478 e. The quantitative estimate of drug-likeness (QED) is 0.205. The van der Waals surface area contributed by atoms with Gasteiger partial charge >= 0.3 is 5.97 Å². The Labute approximate surface area is 194 Å². The van der Waals surface area contributed by atoms with Crippen molar-refractivity contribution in [2.24, 2.45) is 0 Å². The number of hydrogen-bond donors (Lipinski definition) is 3. The molecule has 0 aliphatic carbocycles. The Morgan fingerprint density at radius 1 is 1.09 bits per heavy atom. The number of aliphatic carboxylic acids is 1. The van der Waals surface area contributed by atoms with Gasteiger partial charge in [0, 0.05) is 28.4 Å². The predicted molar refractivity (Wildman–Crippen MR) is 138 cm³/mol. The van der Waals surface area contributed by atoms with Crippen LogP contribution >= 0.6 is 11.3 Å². The fourth-order valence-electron chi connectivity index (χ4n) is 3.50. The molecule has 166 valence electrons. The molecule has 4 N–H and O–H groups in total. The van der Waals surface area contributed by atoms with Gasteiger partial charge in [-0.05, 0) is 76.4 Å². The van der Waals surface area contributed by atoms with Crippen LogP contribution in [-0.2, 0) is 4.79 Å². The van der Waals surface area contributed by atoms with Crippen LogP contribution in [0, 0.1) is 12.3 Å². The Kier molecular flexibility index (Phi) is 9.17. The average Bonchev–Trinajstić information content (AvgIpc) is 3.24.